The van der Waals surface area contributed by atoms with Gasteiger partial charge in [0.15, 0.2) is 0 Å². The highest BCUT2D eigenvalue weighted by Crippen LogP contribution is 2.36. The molecule has 0 N–H and O–H groups in total. The van der Waals surface area contributed by atoms with Crippen LogP contribution in [0.3, 0.4) is 0 Å². The van der Waals surface area contributed by atoms with Gasteiger partial charge in [-0.3, -0.25) is 0 Å². The summed E-state index contributed by atoms with van der Waals surface area (Å²) < 4.78 is 37.6. The summed E-state index contributed by atoms with van der Waals surface area (Å²) in [6, 6.07) is 3.87. The Morgan fingerprint density at radius 2 is 1.79 bits per heavy atom. The monoisotopic (exact) mass is 222 g/mol. The van der Waals surface area contributed by atoms with Gasteiger partial charge < -0.3 is 0 Å². The normalized spacial score (nSPS) is 12.2. The summed E-state index contributed by atoms with van der Waals surface area (Å²) in [6.45, 7) is 3.44. The molecule has 78 valence electrons. The summed E-state index contributed by atoms with van der Waals surface area (Å²) >= 11 is 5.53. The van der Waals surface area contributed by atoms with Crippen LogP contribution < -0.4 is 0 Å². The third kappa shape index (κ3) is 2.41. The van der Waals surface area contributed by atoms with Crippen LogP contribution in [0.1, 0.15) is 30.9 Å². The number of rotatable bonds is 1. The number of benzene rings is 1. The highest BCUT2D eigenvalue weighted by atomic mass is 35.5. The van der Waals surface area contributed by atoms with Crippen LogP contribution in [0.4, 0.5) is 13.2 Å². The minimum Gasteiger partial charge on any atom is -0.166 e. The minimum atomic E-state index is -4.33. The van der Waals surface area contributed by atoms with Crippen molar-refractivity contribution < 1.29 is 13.2 Å². The Balaban J connectivity index is 3.30. The molecule has 0 saturated carbocycles. The number of hydrogen-bond acceptors (Lipinski definition) is 0. The van der Waals surface area contributed by atoms with Crippen LogP contribution in [0.5, 0.6) is 0 Å². The smallest absolute Gasteiger partial charge is 0.166 e. The lowest BCUT2D eigenvalue weighted by Gasteiger charge is -2.15. The molecule has 1 aromatic carbocycles. The van der Waals surface area contributed by atoms with E-state index in [-0.39, 0.29) is 16.5 Å². The minimum absolute atomic E-state index is 0.113. The van der Waals surface area contributed by atoms with Crippen molar-refractivity contribution in [1.82, 2.24) is 0 Å². The van der Waals surface area contributed by atoms with Crippen LogP contribution in [-0.4, -0.2) is 0 Å². The van der Waals surface area contributed by atoms with E-state index in [9.17, 15) is 13.2 Å². The summed E-state index contributed by atoms with van der Waals surface area (Å²) in [5, 5.41) is 0.113. The van der Waals surface area contributed by atoms with Gasteiger partial charge in [0.2, 0.25) is 0 Å². The van der Waals surface area contributed by atoms with Crippen molar-refractivity contribution in [2.24, 2.45) is 0 Å². The highest BCUT2D eigenvalue weighted by Gasteiger charge is 2.33. The maximum atomic E-state index is 12.5. The predicted octanol–water partition coefficient (Wildman–Crippen LogP) is 4.48. The van der Waals surface area contributed by atoms with Crippen molar-refractivity contribution in [3.05, 3.63) is 34.3 Å². The van der Waals surface area contributed by atoms with Crippen molar-refractivity contribution in [2.45, 2.75) is 25.9 Å². The van der Waals surface area contributed by atoms with Crippen LogP contribution in [0, 0.1) is 0 Å². The van der Waals surface area contributed by atoms with E-state index < -0.39 is 11.7 Å². The molecule has 0 amide bonds. The summed E-state index contributed by atoms with van der Waals surface area (Å²) in [5.41, 5.74) is -0.359. The molecular formula is C10H10ClF3. The van der Waals surface area contributed by atoms with Gasteiger partial charge in [-0.25, -0.2) is 0 Å². The fourth-order valence-electron chi connectivity index (χ4n) is 1.28. The Morgan fingerprint density at radius 3 is 2.21 bits per heavy atom. The number of alkyl halides is 3. The van der Waals surface area contributed by atoms with E-state index in [0.717, 1.165) is 6.07 Å². The Bertz CT molecular complexity index is 329. The molecule has 4 heteroatoms. The van der Waals surface area contributed by atoms with Gasteiger partial charge in [-0.2, -0.15) is 13.2 Å². The van der Waals surface area contributed by atoms with Crippen molar-refractivity contribution in [1.29, 1.82) is 0 Å². The van der Waals surface area contributed by atoms with E-state index in [1.807, 2.05) is 0 Å². The van der Waals surface area contributed by atoms with Crippen LogP contribution >= 0.6 is 11.6 Å². The van der Waals surface area contributed by atoms with Crippen molar-refractivity contribution in [2.75, 3.05) is 0 Å². The second-order valence-electron chi connectivity index (χ2n) is 3.38. The van der Waals surface area contributed by atoms with Gasteiger partial charge in [0, 0.05) is 5.02 Å². The van der Waals surface area contributed by atoms with Crippen LogP contribution in [0.15, 0.2) is 18.2 Å². The maximum Gasteiger partial charge on any atom is 0.416 e. The standard InChI is InChI=1S/C10H10ClF3/c1-6(2)8-4-3-7(11)5-9(8)10(12,13)14/h3-6H,1-2H3. The second kappa shape index (κ2) is 3.81. The van der Waals surface area contributed by atoms with Crippen molar-refractivity contribution in [3.8, 4) is 0 Å². The molecule has 0 atom stereocenters. The topological polar surface area (TPSA) is 0 Å². The second-order valence-corrected chi connectivity index (χ2v) is 3.82. The molecule has 0 bridgehead atoms. The van der Waals surface area contributed by atoms with E-state index in [0.29, 0.717) is 0 Å². The molecule has 0 aliphatic rings. The highest BCUT2D eigenvalue weighted by molar-refractivity contribution is 6.30. The zero-order valence-electron chi connectivity index (χ0n) is 7.82. The molecule has 0 nitrogen and oxygen atoms in total. The third-order valence-electron chi connectivity index (χ3n) is 1.94. The third-order valence-corrected chi connectivity index (χ3v) is 2.18. The zero-order valence-corrected chi connectivity index (χ0v) is 8.58. The van der Waals surface area contributed by atoms with Gasteiger partial charge in [-0.05, 0) is 23.6 Å². The van der Waals surface area contributed by atoms with E-state index in [2.05, 4.69) is 0 Å². The molecule has 0 saturated heterocycles. The molecule has 0 spiro atoms. The molecule has 0 aliphatic heterocycles. The molecule has 1 rings (SSSR count). The SMILES string of the molecule is CC(C)c1ccc(Cl)cc1C(F)(F)F. The quantitative estimate of drug-likeness (QED) is 0.657. The number of halogens is 4. The van der Waals surface area contributed by atoms with Crippen LogP contribution in [0.2, 0.25) is 5.02 Å². The first-order valence-electron chi connectivity index (χ1n) is 4.19. The molecule has 0 aliphatic carbocycles. The summed E-state index contributed by atoms with van der Waals surface area (Å²) in [6.07, 6.45) is -4.33. The van der Waals surface area contributed by atoms with Crippen molar-refractivity contribution >= 4 is 11.6 Å². The molecule has 14 heavy (non-hydrogen) atoms. The average molecular weight is 223 g/mol. The molecular weight excluding hydrogens is 213 g/mol. The van der Waals surface area contributed by atoms with Gasteiger partial charge in [0.05, 0.1) is 5.56 Å². The van der Waals surface area contributed by atoms with Crippen LogP contribution in [-0.2, 0) is 6.18 Å². The molecule has 0 radical (unpaired) electrons. The van der Waals surface area contributed by atoms with E-state index in [4.69, 9.17) is 11.6 Å². The van der Waals surface area contributed by atoms with Gasteiger partial charge in [-0.1, -0.05) is 31.5 Å². The van der Waals surface area contributed by atoms with Gasteiger partial charge >= 0.3 is 6.18 Å². The Hall–Kier alpha value is -0.700. The molecule has 0 heterocycles. The lowest BCUT2D eigenvalue weighted by atomic mass is 9.97. The largest absolute Gasteiger partial charge is 0.416 e. The fraction of sp³-hybridized carbons (Fsp3) is 0.400. The summed E-state index contributed by atoms with van der Waals surface area (Å²) in [4.78, 5) is 0. The predicted molar refractivity (Wildman–Crippen MR) is 50.5 cm³/mol. The summed E-state index contributed by atoms with van der Waals surface area (Å²) in [5.74, 6) is -0.163. The first kappa shape index (κ1) is 11.4. The van der Waals surface area contributed by atoms with Gasteiger partial charge in [0.1, 0.15) is 0 Å². The average Bonchev–Trinajstić information content (AvgIpc) is 2.01. The van der Waals surface area contributed by atoms with Crippen molar-refractivity contribution in [3.63, 3.8) is 0 Å². The molecule has 1 aromatic rings. The Morgan fingerprint density at radius 1 is 1.21 bits per heavy atom. The first-order chi connectivity index (χ1) is 6.32. The zero-order chi connectivity index (χ0) is 10.9. The maximum absolute atomic E-state index is 12.5. The Labute approximate surface area is 85.7 Å². The lowest BCUT2D eigenvalue weighted by molar-refractivity contribution is -0.138. The number of hydrogen-bond donors (Lipinski definition) is 0. The lowest BCUT2D eigenvalue weighted by Crippen LogP contribution is -2.09. The van der Waals surface area contributed by atoms with E-state index in [1.165, 1.54) is 12.1 Å². The fourth-order valence-corrected chi connectivity index (χ4v) is 1.45. The molecule has 0 fully saturated rings. The first-order valence-corrected chi connectivity index (χ1v) is 4.57. The van der Waals surface area contributed by atoms with E-state index in [1.54, 1.807) is 13.8 Å². The van der Waals surface area contributed by atoms with Gasteiger partial charge in [0.25, 0.3) is 0 Å². The Kier molecular flexibility index (Phi) is 3.10. The van der Waals surface area contributed by atoms with E-state index >= 15 is 0 Å². The molecule has 0 aromatic heterocycles. The van der Waals surface area contributed by atoms with Gasteiger partial charge in [-0.15, -0.1) is 0 Å². The molecule has 0 unspecified atom stereocenters. The summed E-state index contributed by atoms with van der Waals surface area (Å²) in [7, 11) is 0. The van der Waals surface area contributed by atoms with Crippen LogP contribution in [0.25, 0.3) is 0 Å².